The molecular formula is C18H27NO3. The van der Waals surface area contributed by atoms with E-state index in [0.717, 1.165) is 24.8 Å². The maximum absolute atomic E-state index is 12.6. The van der Waals surface area contributed by atoms with E-state index in [1.807, 2.05) is 0 Å². The van der Waals surface area contributed by atoms with Gasteiger partial charge < -0.3 is 15.5 Å². The molecule has 0 spiro atoms. The molecule has 122 valence electrons. The number of rotatable bonds is 6. The third kappa shape index (κ3) is 3.37. The van der Waals surface area contributed by atoms with Crippen LogP contribution in [0.2, 0.25) is 0 Å². The van der Waals surface area contributed by atoms with Crippen molar-refractivity contribution in [1.29, 1.82) is 0 Å². The van der Waals surface area contributed by atoms with E-state index in [2.05, 4.69) is 26.1 Å². The van der Waals surface area contributed by atoms with Crippen molar-refractivity contribution in [1.82, 2.24) is 5.32 Å². The van der Waals surface area contributed by atoms with Crippen LogP contribution >= 0.6 is 0 Å². The zero-order valence-corrected chi connectivity index (χ0v) is 13.7. The first-order valence-electron chi connectivity index (χ1n) is 8.14. The largest absolute Gasteiger partial charge is 0.504 e. The van der Waals surface area contributed by atoms with E-state index in [1.54, 1.807) is 6.07 Å². The molecule has 1 aliphatic carbocycles. The monoisotopic (exact) mass is 305 g/mol. The number of phenolic OH excluding ortho intramolecular Hbond substituents is 2. The smallest absolute Gasteiger partial charge is 0.226 e. The van der Waals surface area contributed by atoms with Crippen LogP contribution in [0.5, 0.6) is 11.5 Å². The zero-order valence-electron chi connectivity index (χ0n) is 13.7. The van der Waals surface area contributed by atoms with Gasteiger partial charge in [-0.3, -0.25) is 4.79 Å². The highest BCUT2D eigenvalue weighted by atomic mass is 16.3. The second kappa shape index (κ2) is 6.59. The molecule has 4 heteroatoms. The lowest BCUT2D eigenvalue weighted by Crippen LogP contribution is -2.52. The number of carbonyl (C=O) groups excluding carboxylic acids is 1. The number of carbonyl (C=O) groups is 1. The number of hydrogen-bond donors (Lipinski definition) is 3. The molecule has 3 N–H and O–H groups in total. The van der Waals surface area contributed by atoms with Crippen LogP contribution in [-0.2, 0) is 11.2 Å². The quantitative estimate of drug-likeness (QED) is 0.707. The zero-order chi connectivity index (χ0) is 16.3. The second-order valence-corrected chi connectivity index (χ2v) is 7.02. The molecular weight excluding hydrogens is 278 g/mol. The van der Waals surface area contributed by atoms with E-state index in [0.29, 0.717) is 24.8 Å². The summed E-state index contributed by atoms with van der Waals surface area (Å²) >= 11 is 0. The Balaban J connectivity index is 1.90. The molecule has 0 aliphatic heterocycles. The van der Waals surface area contributed by atoms with Crippen LogP contribution in [0.4, 0.5) is 0 Å². The lowest BCUT2D eigenvalue weighted by molar-refractivity contribution is -0.143. The Bertz CT molecular complexity index is 541. The predicted octanol–water partition coefficient (Wildman–Crippen LogP) is 3.22. The van der Waals surface area contributed by atoms with Crippen molar-refractivity contribution in [2.24, 2.45) is 17.3 Å². The molecule has 2 atom stereocenters. The summed E-state index contributed by atoms with van der Waals surface area (Å²) in [6.07, 6.45) is 3.70. The van der Waals surface area contributed by atoms with Gasteiger partial charge in [0.25, 0.3) is 0 Å². The normalized spacial score (nSPS) is 24.1. The minimum Gasteiger partial charge on any atom is -0.504 e. The summed E-state index contributed by atoms with van der Waals surface area (Å²) in [5.74, 6) is 0.901. The Labute approximate surface area is 132 Å². The van der Waals surface area contributed by atoms with Crippen molar-refractivity contribution >= 4 is 5.91 Å². The molecule has 0 radical (unpaired) electrons. The Morgan fingerprint density at radius 2 is 2.09 bits per heavy atom. The Hall–Kier alpha value is -1.71. The van der Waals surface area contributed by atoms with Gasteiger partial charge in [0.15, 0.2) is 11.5 Å². The maximum Gasteiger partial charge on any atom is 0.226 e. The van der Waals surface area contributed by atoms with Crippen molar-refractivity contribution in [2.45, 2.75) is 46.5 Å². The minimum atomic E-state index is -0.189. The number of benzene rings is 1. The molecule has 1 aromatic rings. The SMILES string of the molecule is CC(C)CC1(C(=O)NCCc2ccc(O)c(O)c2)CCC1C. The van der Waals surface area contributed by atoms with E-state index < -0.39 is 0 Å². The lowest BCUT2D eigenvalue weighted by Gasteiger charge is -2.47. The van der Waals surface area contributed by atoms with Gasteiger partial charge in [-0.25, -0.2) is 0 Å². The van der Waals surface area contributed by atoms with Crippen LogP contribution in [0.15, 0.2) is 18.2 Å². The highest BCUT2D eigenvalue weighted by Gasteiger charge is 2.49. The number of hydrogen-bond acceptors (Lipinski definition) is 3. The van der Waals surface area contributed by atoms with Gasteiger partial charge in [0.1, 0.15) is 0 Å². The lowest BCUT2D eigenvalue weighted by atomic mass is 9.57. The van der Waals surface area contributed by atoms with Gasteiger partial charge in [0.05, 0.1) is 5.41 Å². The summed E-state index contributed by atoms with van der Waals surface area (Å²) in [6, 6.07) is 4.77. The molecule has 4 nitrogen and oxygen atoms in total. The number of phenols is 2. The summed E-state index contributed by atoms with van der Waals surface area (Å²) in [4.78, 5) is 12.6. The Morgan fingerprint density at radius 1 is 1.36 bits per heavy atom. The first-order chi connectivity index (χ1) is 10.3. The van der Waals surface area contributed by atoms with Crippen molar-refractivity contribution < 1.29 is 15.0 Å². The number of aromatic hydroxyl groups is 2. The molecule has 1 amide bonds. The van der Waals surface area contributed by atoms with Gasteiger partial charge in [-0.1, -0.05) is 26.8 Å². The van der Waals surface area contributed by atoms with E-state index in [9.17, 15) is 15.0 Å². The third-order valence-corrected chi connectivity index (χ3v) is 4.93. The van der Waals surface area contributed by atoms with E-state index in [-0.39, 0.29) is 22.8 Å². The molecule has 2 unspecified atom stereocenters. The van der Waals surface area contributed by atoms with Gasteiger partial charge >= 0.3 is 0 Å². The topological polar surface area (TPSA) is 69.6 Å². The van der Waals surface area contributed by atoms with Crippen molar-refractivity contribution in [3.05, 3.63) is 23.8 Å². The van der Waals surface area contributed by atoms with E-state index in [4.69, 9.17) is 0 Å². The van der Waals surface area contributed by atoms with Crippen molar-refractivity contribution in [2.75, 3.05) is 6.54 Å². The molecule has 1 aliphatic rings. The average Bonchev–Trinajstić information content (AvgIpc) is 2.46. The summed E-state index contributed by atoms with van der Waals surface area (Å²) < 4.78 is 0. The maximum atomic E-state index is 12.6. The summed E-state index contributed by atoms with van der Waals surface area (Å²) in [7, 11) is 0. The van der Waals surface area contributed by atoms with Crippen LogP contribution < -0.4 is 5.32 Å². The average molecular weight is 305 g/mol. The van der Waals surface area contributed by atoms with Crippen molar-refractivity contribution in [3.8, 4) is 11.5 Å². The first-order valence-corrected chi connectivity index (χ1v) is 8.14. The van der Waals surface area contributed by atoms with Gasteiger partial charge in [-0.15, -0.1) is 0 Å². The summed E-state index contributed by atoms with van der Waals surface area (Å²) in [5.41, 5.74) is 0.709. The fourth-order valence-corrected chi connectivity index (χ4v) is 3.46. The van der Waals surface area contributed by atoms with Crippen LogP contribution in [0.1, 0.15) is 45.6 Å². The van der Waals surface area contributed by atoms with Gasteiger partial charge in [-0.05, 0) is 55.2 Å². The molecule has 1 fully saturated rings. The highest BCUT2D eigenvalue weighted by molar-refractivity contribution is 5.84. The molecule has 1 aromatic carbocycles. The van der Waals surface area contributed by atoms with Gasteiger partial charge in [0.2, 0.25) is 5.91 Å². The molecule has 0 bridgehead atoms. The number of amides is 1. The van der Waals surface area contributed by atoms with Crippen LogP contribution in [-0.4, -0.2) is 22.7 Å². The summed E-state index contributed by atoms with van der Waals surface area (Å²) in [6.45, 7) is 7.05. The molecule has 22 heavy (non-hydrogen) atoms. The standard InChI is InChI=1S/C18H27NO3/c1-12(2)11-18(8-6-13(18)3)17(22)19-9-7-14-4-5-15(20)16(21)10-14/h4-5,10,12-13,20-21H,6-9,11H2,1-3H3,(H,19,22). The van der Waals surface area contributed by atoms with E-state index >= 15 is 0 Å². The molecule has 2 rings (SSSR count). The van der Waals surface area contributed by atoms with Crippen LogP contribution in [0.25, 0.3) is 0 Å². The van der Waals surface area contributed by atoms with Crippen molar-refractivity contribution in [3.63, 3.8) is 0 Å². The fourth-order valence-electron chi connectivity index (χ4n) is 3.46. The van der Waals surface area contributed by atoms with Crippen LogP contribution in [0, 0.1) is 17.3 Å². The second-order valence-electron chi connectivity index (χ2n) is 7.02. The van der Waals surface area contributed by atoms with E-state index in [1.165, 1.54) is 12.1 Å². The Morgan fingerprint density at radius 3 is 2.59 bits per heavy atom. The fraction of sp³-hybridized carbons (Fsp3) is 0.611. The number of nitrogens with one attached hydrogen (secondary N) is 1. The Kier molecular flexibility index (Phi) is 4.99. The molecule has 0 saturated heterocycles. The minimum absolute atomic E-state index is 0.118. The molecule has 1 saturated carbocycles. The highest BCUT2D eigenvalue weighted by Crippen LogP contribution is 2.50. The third-order valence-electron chi connectivity index (χ3n) is 4.93. The first kappa shape index (κ1) is 16.7. The van der Waals surface area contributed by atoms with Crippen LogP contribution in [0.3, 0.4) is 0 Å². The predicted molar refractivity (Wildman–Crippen MR) is 86.8 cm³/mol. The molecule has 0 aromatic heterocycles. The van der Waals surface area contributed by atoms with Gasteiger partial charge in [-0.2, -0.15) is 0 Å². The molecule has 0 heterocycles. The summed E-state index contributed by atoms with van der Waals surface area (Å²) in [5, 5.41) is 21.8. The van der Waals surface area contributed by atoms with Gasteiger partial charge in [0, 0.05) is 6.54 Å².